The molecule has 1 aliphatic rings. The number of para-hydroxylation sites is 1. The third-order valence-electron chi connectivity index (χ3n) is 5.04. The van der Waals surface area contributed by atoms with Crippen LogP contribution in [0.1, 0.15) is 22.4 Å². The lowest BCUT2D eigenvalue weighted by atomic mass is 9.95. The molecule has 0 fully saturated rings. The van der Waals surface area contributed by atoms with Crippen molar-refractivity contribution in [3.05, 3.63) is 46.8 Å². The van der Waals surface area contributed by atoms with Crippen LogP contribution in [0.3, 0.4) is 0 Å². The van der Waals surface area contributed by atoms with Crippen LogP contribution in [0.4, 0.5) is 0 Å². The van der Waals surface area contributed by atoms with E-state index in [0.29, 0.717) is 25.3 Å². The van der Waals surface area contributed by atoms with Gasteiger partial charge in [0.15, 0.2) is 11.5 Å². The van der Waals surface area contributed by atoms with Gasteiger partial charge < -0.3 is 19.1 Å². The molecule has 1 aliphatic heterocycles. The molecule has 0 aliphatic carbocycles. The largest absolute Gasteiger partial charge is 0.496 e. The van der Waals surface area contributed by atoms with Crippen LogP contribution in [0.5, 0.6) is 17.2 Å². The van der Waals surface area contributed by atoms with Crippen LogP contribution < -0.4 is 14.2 Å². The zero-order chi connectivity index (χ0) is 19.6. The summed E-state index contributed by atoms with van der Waals surface area (Å²) in [4.78, 5) is 19.2. The summed E-state index contributed by atoms with van der Waals surface area (Å²) >= 11 is 0. The molecule has 1 amide bonds. The van der Waals surface area contributed by atoms with Gasteiger partial charge in [-0.15, -0.1) is 0 Å². The predicted molar refractivity (Wildman–Crippen MR) is 102 cm³/mol. The monoisotopic (exact) mass is 370 g/mol. The van der Waals surface area contributed by atoms with Crippen LogP contribution >= 0.6 is 0 Å². The van der Waals surface area contributed by atoms with Crippen molar-refractivity contribution in [3.63, 3.8) is 0 Å². The summed E-state index contributed by atoms with van der Waals surface area (Å²) in [5.41, 5.74) is 3.79. The van der Waals surface area contributed by atoms with Crippen molar-refractivity contribution in [3.8, 4) is 17.2 Å². The molecular weight excluding hydrogens is 344 g/mol. The van der Waals surface area contributed by atoms with E-state index in [9.17, 15) is 4.79 Å². The van der Waals surface area contributed by atoms with Crippen molar-refractivity contribution >= 4 is 5.91 Å². The number of aryl methyl sites for hydroxylation is 1. The number of carbonyl (C=O) groups excluding carboxylic acids is 1. The zero-order valence-electron chi connectivity index (χ0n) is 16.5. The van der Waals surface area contributed by atoms with Crippen LogP contribution in [0.25, 0.3) is 0 Å². The number of rotatable bonds is 5. The lowest BCUT2D eigenvalue weighted by Gasteiger charge is -2.29. The number of fused-ring (bicyclic) bond motifs is 1. The van der Waals surface area contributed by atoms with Crippen LogP contribution in [0, 0.1) is 19.8 Å². The Bertz CT molecular complexity index is 850. The van der Waals surface area contributed by atoms with E-state index >= 15 is 0 Å². The predicted octanol–water partition coefficient (Wildman–Crippen LogP) is 2.93. The van der Waals surface area contributed by atoms with Crippen molar-refractivity contribution in [2.45, 2.75) is 26.8 Å². The Morgan fingerprint density at radius 3 is 2.78 bits per heavy atom. The molecule has 0 saturated heterocycles. The van der Waals surface area contributed by atoms with E-state index in [1.165, 1.54) is 0 Å². The maximum Gasteiger partial charge on any atom is 0.229 e. The number of nitrogens with zero attached hydrogens (tertiary/aromatic N) is 2. The molecule has 144 valence electrons. The summed E-state index contributed by atoms with van der Waals surface area (Å²) < 4.78 is 16.6. The molecule has 0 unspecified atom stereocenters. The third-order valence-corrected chi connectivity index (χ3v) is 5.04. The van der Waals surface area contributed by atoms with Crippen molar-refractivity contribution in [2.75, 3.05) is 27.9 Å². The fraction of sp³-hybridized carbons (Fsp3) is 0.429. The maximum absolute atomic E-state index is 13.0. The van der Waals surface area contributed by atoms with Gasteiger partial charge in [0, 0.05) is 24.4 Å². The van der Waals surface area contributed by atoms with Crippen molar-refractivity contribution < 1.29 is 19.0 Å². The van der Waals surface area contributed by atoms with Gasteiger partial charge in [-0.3, -0.25) is 9.78 Å². The number of hydrogen-bond acceptors (Lipinski definition) is 5. The minimum atomic E-state index is -0.220. The molecule has 6 nitrogen and oxygen atoms in total. The van der Waals surface area contributed by atoms with Crippen LogP contribution in [0.2, 0.25) is 0 Å². The highest BCUT2D eigenvalue weighted by Gasteiger charge is 2.30. The number of benzene rings is 1. The highest BCUT2D eigenvalue weighted by molar-refractivity contribution is 5.79. The summed E-state index contributed by atoms with van der Waals surface area (Å²) in [5, 5.41) is 0. The van der Waals surface area contributed by atoms with E-state index in [1.807, 2.05) is 32.0 Å². The van der Waals surface area contributed by atoms with Gasteiger partial charge >= 0.3 is 0 Å². The SMILES string of the molecule is COc1cccc2c1OC[C@@H](C(=O)N(C)Cc1ncc(C)c(OC)c1C)C2. The molecular formula is C21H26N2O4. The lowest BCUT2D eigenvalue weighted by Crippen LogP contribution is -2.38. The minimum absolute atomic E-state index is 0.0456. The van der Waals surface area contributed by atoms with Crippen molar-refractivity contribution in [1.29, 1.82) is 0 Å². The Kier molecular flexibility index (Phi) is 5.54. The first-order valence-electron chi connectivity index (χ1n) is 8.99. The van der Waals surface area contributed by atoms with Gasteiger partial charge in [-0.1, -0.05) is 12.1 Å². The van der Waals surface area contributed by atoms with E-state index in [4.69, 9.17) is 14.2 Å². The fourth-order valence-corrected chi connectivity index (χ4v) is 3.56. The number of pyridine rings is 1. The second-order valence-electron chi connectivity index (χ2n) is 6.90. The van der Waals surface area contributed by atoms with Crippen LogP contribution in [-0.4, -0.2) is 43.7 Å². The first-order valence-corrected chi connectivity index (χ1v) is 8.99. The molecule has 2 aromatic rings. The van der Waals surface area contributed by atoms with Gasteiger partial charge in [-0.05, 0) is 31.9 Å². The van der Waals surface area contributed by atoms with E-state index in [-0.39, 0.29) is 11.8 Å². The molecule has 0 N–H and O–H groups in total. The Balaban J connectivity index is 1.73. The van der Waals surface area contributed by atoms with Crippen LogP contribution in [-0.2, 0) is 17.8 Å². The highest BCUT2D eigenvalue weighted by Crippen LogP contribution is 2.36. The van der Waals surface area contributed by atoms with Gasteiger partial charge in [0.05, 0.1) is 32.4 Å². The summed E-state index contributed by atoms with van der Waals surface area (Å²) in [6.07, 6.45) is 2.42. The van der Waals surface area contributed by atoms with Gasteiger partial charge in [0.25, 0.3) is 0 Å². The molecule has 3 rings (SSSR count). The van der Waals surface area contributed by atoms with Gasteiger partial charge in [-0.25, -0.2) is 0 Å². The van der Waals surface area contributed by atoms with Crippen molar-refractivity contribution in [1.82, 2.24) is 9.88 Å². The fourth-order valence-electron chi connectivity index (χ4n) is 3.56. The first kappa shape index (κ1) is 19.0. The number of carbonyl (C=O) groups is 1. The maximum atomic E-state index is 13.0. The summed E-state index contributed by atoms with van der Waals surface area (Å²) in [7, 11) is 5.07. The molecule has 2 heterocycles. The average Bonchev–Trinajstić information content (AvgIpc) is 2.68. The zero-order valence-corrected chi connectivity index (χ0v) is 16.5. The second-order valence-corrected chi connectivity index (χ2v) is 6.90. The molecule has 0 bridgehead atoms. The second kappa shape index (κ2) is 7.86. The Hall–Kier alpha value is -2.76. The minimum Gasteiger partial charge on any atom is -0.496 e. The molecule has 0 spiro atoms. The van der Waals surface area contributed by atoms with E-state index in [1.54, 1.807) is 32.4 Å². The summed E-state index contributed by atoms with van der Waals surface area (Å²) in [5.74, 6) is 2.10. The van der Waals surface area contributed by atoms with Crippen LogP contribution in [0.15, 0.2) is 24.4 Å². The highest BCUT2D eigenvalue weighted by atomic mass is 16.5. The Morgan fingerprint density at radius 1 is 1.30 bits per heavy atom. The Morgan fingerprint density at radius 2 is 2.07 bits per heavy atom. The smallest absolute Gasteiger partial charge is 0.229 e. The van der Waals surface area contributed by atoms with Crippen molar-refractivity contribution in [2.24, 2.45) is 5.92 Å². The molecule has 1 aromatic heterocycles. The van der Waals surface area contributed by atoms with Gasteiger partial charge in [0.1, 0.15) is 12.4 Å². The Labute approximate surface area is 160 Å². The topological polar surface area (TPSA) is 60.9 Å². The molecule has 1 atom stereocenters. The number of hydrogen-bond donors (Lipinski definition) is 0. The number of amides is 1. The van der Waals surface area contributed by atoms with E-state index in [0.717, 1.165) is 33.9 Å². The number of aromatic nitrogens is 1. The lowest BCUT2D eigenvalue weighted by molar-refractivity contribution is -0.136. The third kappa shape index (κ3) is 3.70. The number of methoxy groups -OCH3 is 2. The summed E-state index contributed by atoms with van der Waals surface area (Å²) in [6.45, 7) is 4.71. The molecule has 27 heavy (non-hydrogen) atoms. The molecule has 6 heteroatoms. The standard InChI is InChI=1S/C21H26N2O4/c1-13-10-22-17(14(2)19(13)26-5)11-23(3)21(24)16-9-15-7-6-8-18(25-4)20(15)27-12-16/h6-8,10,16H,9,11-12H2,1-5H3/t16-/m0/s1. The average molecular weight is 370 g/mol. The quantitative estimate of drug-likeness (QED) is 0.810. The van der Waals surface area contributed by atoms with E-state index in [2.05, 4.69) is 4.98 Å². The summed E-state index contributed by atoms with van der Waals surface area (Å²) in [6, 6.07) is 5.77. The van der Waals surface area contributed by atoms with Gasteiger partial charge in [0.2, 0.25) is 5.91 Å². The van der Waals surface area contributed by atoms with Gasteiger partial charge in [-0.2, -0.15) is 0 Å². The normalized spacial score (nSPS) is 15.5. The first-order chi connectivity index (χ1) is 13.0. The molecule has 1 aromatic carbocycles. The van der Waals surface area contributed by atoms with E-state index < -0.39 is 0 Å². The number of ether oxygens (including phenoxy) is 3. The molecule has 0 radical (unpaired) electrons. The molecule has 0 saturated carbocycles.